The van der Waals surface area contributed by atoms with Crippen LogP contribution in [0.1, 0.15) is 5.56 Å². The molecule has 4 nitrogen and oxygen atoms in total. The lowest BCUT2D eigenvalue weighted by Crippen LogP contribution is -2.44. The fraction of sp³-hybridized carbons (Fsp3) is 0.417. The number of morpholine rings is 1. The molecule has 1 aromatic rings. The first-order chi connectivity index (χ1) is 8.61. The van der Waals surface area contributed by atoms with Gasteiger partial charge in [-0.25, -0.2) is 4.39 Å². The normalized spacial score (nSPS) is 19.9. The summed E-state index contributed by atoms with van der Waals surface area (Å²) in [5.74, 6) is -0.424. The lowest BCUT2D eigenvalue weighted by Gasteiger charge is -2.33. The summed E-state index contributed by atoms with van der Waals surface area (Å²) in [7, 11) is 0. The summed E-state index contributed by atoms with van der Waals surface area (Å²) in [6.45, 7) is 1.69. The van der Waals surface area contributed by atoms with Crippen molar-refractivity contribution in [3.05, 3.63) is 29.6 Å². The van der Waals surface area contributed by atoms with Gasteiger partial charge >= 0.3 is 0 Å². The van der Waals surface area contributed by atoms with Gasteiger partial charge in [-0.15, -0.1) is 0 Å². The van der Waals surface area contributed by atoms with Crippen molar-refractivity contribution in [3.63, 3.8) is 0 Å². The molecule has 18 heavy (non-hydrogen) atoms. The number of nitrogens with two attached hydrogens (primary N) is 1. The van der Waals surface area contributed by atoms with Crippen LogP contribution in [0.15, 0.2) is 18.2 Å². The molecule has 98 valence electrons. The quantitative estimate of drug-likeness (QED) is 0.790. The molecule has 0 aliphatic carbocycles. The second kappa shape index (κ2) is 5.60. The van der Waals surface area contributed by atoms with Gasteiger partial charge in [-0.2, -0.15) is 0 Å². The van der Waals surface area contributed by atoms with Crippen molar-refractivity contribution in [2.24, 2.45) is 5.73 Å². The smallest absolute Gasteiger partial charge is 0.135 e. The molecule has 0 spiro atoms. The molecule has 1 atom stereocenters. The van der Waals surface area contributed by atoms with E-state index >= 15 is 0 Å². The Bertz CT molecular complexity index is 456. The Morgan fingerprint density at radius 3 is 3.00 bits per heavy atom. The second-order valence-electron chi connectivity index (χ2n) is 4.15. The Morgan fingerprint density at radius 1 is 1.61 bits per heavy atom. The highest BCUT2D eigenvalue weighted by molar-refractivity contribution is 7.80. The average molecular weight is 270 g/mol. The van der Waals surface area contributed by atoms with Gasteiger partial charge in [0.2, 0.25) is 0 Å². The Kier molecular flexibility index (Phi) is 4.11. The number of rotatable bonds is 3. The molecule has 0 saturated carbocycles. The number of nitrogens with zero attached hydrogens (tertiary/aromatic N) is 1. The maximum absolute atomic E-state index is 13.8. The fourth-order valence-electron chi connectivity index (χ4n) is 1.96. The second-order valence-corrected chi connectivity index (χ2v) is 4.59. The standard InChI is InChI=1S/C12H15FN2O2S/c13-11-5-8(1-2-10(11)12(14)18)15-3-4-17-9(6-15)7-16/h1-2,5,9,16H,3-4,6-7H2,(H2,14,18). The summed E-state index contributed by atoms with van der Waals surface area (Å²) < 4.78 is 19.1. The molecule has 2 rings (SSSR count). The minimum Gasteiger partial charge on any atom is -0.394 e. The first-order valence-corrected chi connectivity index (χ1v) is 6.09. The highest BCUT2D eigenvalue weighted by Crippen LogP contribution is 2.21. The Morgan fingerprint density at radius 2 is 2.39 bits per heavy atom. The molecule has 1 saturated heterocycles. The third kappa shape index (κ3) is 2.77. The van der Waals surface area contributed by atoms with Gasteiger partial charge in [-0.1, -0.05) is 12.2 Å². The average Bonchev–Trinajstić information content (AvgIpc) is 2.38. The molecular weight excluding hydrogens is 255 g/mol. The first-order valence-electron chi connectivity index (χ1n) is 5.68. The van der Waals surface area contributed by atoms with E-state index in [9.17, 15) is 4.39 Å². The van der Waals surface area contributed by atoms with Crippen molar-refractivity contribution in [2.45, 2.75) is 6.10 Å². The summed E-state index contributed by atoms with van der Waals surface area (Å²) in [5, 5.41) is 9.07. The van der Waals surface area contributed by atoms with Crippen molar-refractivity contribution in [2.75, 3.05) is 31.2 Å². The number of hydrogen-bond donors (Lipinski definition) is 2. The third-order valence-electron chi connectivity index (χ3n) is 2.93. The molecule has 1 unspecified atom stereocenters. The van der Waals surface area contributed by atoms with E-state index in [1.54, 1.807) is 12.1 Å². The molecule has 0 bridgehead atoms. The van der Waals surface area contributed by atoms with Crippen LogP contribution in [0.2, 0.25) is 0 Å². The summed E-state index contributed by atoms with van der Waals surface area (Å²) in [4.78, 5) is 2.02. The lowest BCUT2D eigenvalue weighted by atomic mass is 10.1. The number of thiocarbonyl (C=S) groups is 1. The van der Waals surface area contributed by atoms with Crippen LogP contribution in [0.25, 0.3) is 0 Å². The van der Waals surface area contributed by atoms with Crippen molar-refractivity contribution >= 4 is 22.9 Å². The molecule has 1 aromatic carbocycles. The summed E-state index contributed by atoms with van der Waals surface area (Å²) in [6.07, 6.45) is -0.225. The fourth-order valence-corrected chi connectivity index (χ4v) is 2.13. The highest BCUT2D eigenvalue weighted by Gasteiger charge is 2.20. The number of aliphatic hydroxyl groups excluding tert-OH is 1. The summed E-state index contributed by atoms with van der Waals surface area (Å²) in [6, 6.07) is 4.77. The van der Waals surface area contributed by atoms with Crippen molar-refractivity contribution < 1.29 is 14.2 Å². The molecule has 1 heterocycles. The number of anilines is 1. The minimum atomic E-state index is -0.424. The maximum atomic E-state index is 13.8. The van der Waals surface area contributed by atoms with Crippen LogP contribution in [-0.2, 0) is 4.74 Å². The molecule has 0 radical (unpaired) electrons. The van der Waals surface area contributed by atoms with Gasteiger partial charge in [0.25, 0.3) is 0 Å². The molecule has 1 aliphatic heterocycles. The molecule has 3 N–H and O–H groups in total. The molecular formula is C12H15FN2O2S. The van der Waals surface area contributed by atoms with E-state index in [1.807, 2.05) is 4.90 Å². The van der Waals surface area contributed by atoms with Gasteiger partial charge in [0, 0.05) is 24.3 Å². The van der Waals surface area contributed by atoms with E-state index in [-0.39, 0.29) is 23.3 Å². The highest BCUT2D eigenvalue weighted by atomic mass is 32.1. The van der Waals surface area contributed by atoms with Gasteiger partial charge in [0.15, 0.2) is 0 Å². The predicted octanol–water partition coefficient (Wildman–Crippen LogP) is 0.657. The van der Waals surface area contributed by atoms with E-state index in [2.05, 4.69) is 0 Å². The van der Waals surface area contributed by atoms with E-state index in [0.717, 1.165) is 5.69 Å². The zero-order valence-electron chi connectivity index (χ0n) is 9.80. The van der Waals surface area contributed by atoms with E-state index < -0.39 is 5.82 Å². The van der Waals surface area contributed by atoms with Crippen LogP contribution in [0.4, 0.5) is 10.1 Å². The zero-order chi connectivity index (χ0) is 13.1. The van der Waals surface area contributed by atoms with Crippen molar-refractivity contribution in [3.8, 4) is 0 Å². The first kappa shape index (κ1) is 13.2. The van der Waals surface area contributed by atoms with Crippen LogP contribution < -0.4 is 10.6 Å². The molecule has 1 aliphatic rings. The monoisotopic (exact) mass is 270 g/mol. The van der Waals surface area contributed by atoms with Crippen molar-refractivity contribution in [1.29, 1.82) is 0 Å². The van der Waals surface area contributed by atoms with Gasteiger partial charge in [0.1, 0.15) is 10.8 Å². The molecule has 0 amide bonds. The largest absolute Gasteiger partial charge is 0.394 e. The molecule has 0 aromatic heterocycles. The van der Waals surface area contributed by atoms with Crippen LogP contribution in [0.5, 0.6) is 0 Å². The van der Waals surface area contributed by atoms with Crippen LogP contribution >= 0.6 is 12.2 Å². The Labute approximate surface area is 110 Å². The van der Waals surface area contributed by atoms with Gasteiger partial charge in [0.05, 0.1) is 19.3 Å². The summed E-state index contributed by atoms with van der Waals surface area (Å²) in [5.41, 5.74) is 6.41. The molecule has 1 fully saturated rings. The zero-order valence-corrected chi connectivity index (χ0v) is 10.6. The van der Waals surface area contributed by atoms with Crippen LogP contribution in [0, 0.1) is 5.82 Å². The number of halogens is 1. The molecule has 6 heteroatoms. The van der Waals surface area contributed by atoms with Gasteiger partial charge < -0.3 is 20.5 Å². The lowest BCUT2D eigenvalue weighted by molar-refractivity contribution is 0.00355. The van der Waals surface area contributed by atoms with Gasteiger partial charge in [-0.3, -0.25) is 0 Å². The Balaban J connectivity index is 2.18. The number of hydrogen-bond acceptors (Lipinski definition) is 4. The SMILES string of the molecule is NC(=S)c1ccc(N2CCOC(CO)C2)cc1F. The van der Waals surface area contributed by atoms with Crippen LogP contribution in [-0.4, -0.2) is 42.5 Å². The topological polar surface area (TPSA) is 58.7 Å². The van der Waals surface area contributed by atoms with E-state index in [1.165, 1.54) is 6.07 Å². The van der Waals surface area contributed by atoms with E-state index in [0.29, 0.717) is 19.7 Å². The number of ether oxygens (including phenoxy) is 1. The maximum Gasteiger partial charge on any atom is 0.135 e. The van der Waals surface area contributed by atoms with E-state index in [4.69, 9.17) is 27.8 Å². The van der Waals surface area contributed by atoms with Crippen molar-refractivity contribution in [1.82, 2.24) is 0 Å². The Hall–Kier alpha value is -1.24. The third-order valence-corrected chi connectivity index (χ3v) is 3.15. The minimum absolute atomic E-state index is 0.0377. The van der Waals surface area contributed by atoms with Gasteiger partial charge in [-0.05, 0) is 18.2 Å². The predicted molar refractivity (Wildman–Crippen MR) is 71.3 cm³/mol. The van der Waals surface area contributed by atoms with Crippen LogP contribution in [0.3, 0.4) is 0 Å². The summed E-state index contributed by atoms with van der Waals surface area (Å²) >= 11 is 4.76. The number of benzene rings is 1. The number of aliphatic hydroxyl groups is 1.